The predicted octanol–water partition coefficient (Wildman–Crippen LogP) is 4.12. The van der Waals surface area contributed by atoms with Gasteiger partial charge < -0.3 is 10.7 Å². The summed E-state index contributed by atoms with van der Waals surface area (Å²) in [6, 6.07) is 13.4. The fraction of sp³-hybridized carbons (Fsp3) is 0. The van der Waals surface area contributed by atoms with E-state index in [1.165, 1.54) is 12.1 Å². The van der Waals surface area contributed by atoms with Crippen LogP contribution in [0.3, 0.4) is 0 Å². The first-order valence-electron chi connectivity index (χ1n) is 6.01. The Kier molecular flexibility index (Phi) is 3.16. The molecular weight excluding hydrogens is 277 g/mol. The average Bonchev–Trinajstić information content (AvgIpc) is 2.82. The summed E-state index contributed by atoms with van der Waals surface area (Å²) in [5.74, 6) is 0.355. The van der Waals surface area contributed by atoms with E-state index in [0.29, 0.717) is 22.4 Å². The largest absolute Gasteiger partial charge is 0.399 e. The van der Waals surface area contributed by atoms with E-state index in [-0.39, 0.29) is 5.82 Å². The summed E-state index contributed by atoms with van der Waals surface area (Å²) in [5, 5.41) is 0.420. The van der Waals surface area contributed by atoms with Crippen LogP contribution in [0.25, 0.3) is 22.6 Å². The Morgan fingerprint density at radius 3 is 2.20 bits per heavy atom. The number of hydrogen-bond acceptors (Lipinski definition) is 2. The van der Waals surface area contributed by atoms with Gasteiger partial charge >= 0.3 is 0 Å². The maximum absolute atomic E-state index is 12.9. The Bertz CT molecular complexity index is 733. The molecule has 3 N–H and O–H groups in total. The number of benzene rings is 2. The molecule has 0 radical (unpaired) electrons. The summed E-state index contributed by atoms with van der Waals surface area (Å²) in [7, 11) is 0. The third-order valence-electron chi connectivity index (χ3n) is 2.96. The van der Waals surface area contributed by atoms with Crippen molar-refractivity contribution in [2.45, 2.75) is 0 Å². The van der Waals surface area contributed by atoms with E-state index in [0.717, 1.165) is 11.1 Å². The fourth-order valence-electron chi connectivity index (χ4n) is 1.93. The van der Waals surface area contributed by atoms with Crippen LogP contribution in [0.2, 0.25) is 5.15 Å². The summed E-state index contributed by atoms with van der Waals surface area (Å²) >= 11 is 6.16. The predicted molar refractivity (Wildman–Crippen MR) is 78.8 cm³/mol. The minimum atomic E-state index is -0.292. The number of aromatic amines is 1. The molecule has 0 aliphatic heterocycles. The molecule has 3 aromatic rings. The highest BCUT2D eigenvalue weighted by Gasteiger charge is 2.11. The summed E-state index contributed by atoms with van der Waals surface area (Å²) < 4.78 is 12.9. The number of anilines is 1. The van der Waals surface area contributed by atoms with Crippen LogP contribution < -0.4 is 5.73 Å². The monoisotopic (exact) mass is 287 g/mol. The fourth-order valence-corrected chi connectivity index (χ4v) is 2.17. The standard InChI is InChI=1S/C15H11ClFN3/c16-14-13(9-1-5-11(17)6-2-9)19-15(20-14)10-3-7-12(18)8-4-10/h1-8H,18H2,(H,19,20). The number of aromatic nitrogens is 2. The van der Waals surface area contributed by atoms with Gasteiger partial charge in [0.15, 0.2) is 0 Å². The zero-order chi connectivity index (χ0) is 14.1. The average molecular weight is 288 g/mol. The Labute approximate surface area is 120 Å². The maximum Gasteiger partial charge on any atom is 0.139 e. The summed E-state index contributed by atoms with van der Waals surface area (Å²) in [6.45, 7) is 0. The number of rotatable bonds is 2. The van der Waals surface area contributed by atoms with E-state index in [1.54, 1.807) is 24.3 Å². The number of nitrogens with zero attached hydrogens (tertiary/aromatic N) is 1. The van der Waals surface area contributed by atoms with Gasteiger partial charge in [-0.2, -0.15) is 0 Å². The molecule has 5 heteroatoms. The molecule has 0 aliphatic carbocycles. The molecule has 0 atom stereocenters. The van der Waals surface area contributed by atoms with Crippen LogP contribution in [0.1, 0.15) is 0 Å². The maximum atomic E-state index is 12.9. The van der Waals surface area contributed by atoms with Crippen LogP contribution in [-0.4, -0.2) is 9.97 Å². The van der Waals surface area contributed by atoms with E-state index in [9.17, 15) is 4.39 Å². The normalized spacial score (nSPS) is 10.7. The van der Waals surface area contributed by atoms with Gasteiger partial charge in [-0.1, -0.05) is 11.6 Å². The number of nitrogen functional groups attached to an aromatic ring is 1. The first-order chi connectivity index (χ1) is 9.63. The smallest absolute Gasteiger partial charge is 0.139 e. The number of imidazole rings is 1. The van der Waals surface area contributed by atoms with Crippen molar-refractivity contribution in [1.82, 2.24) is 9.97 Å². The molecule has 0 amide bonds. The molecule has 3 rings (SSSR count). The topological polar surface area (TPSA) is 54.7 Å². The molecule has 1 aromatic heterocycles. The van der Waals surface area contributed by atoms with Crippen molar-refractivity contribution in [3.8, 4) is 22.6 Å². The Hall–Kier alpha value is -2.33. The van der Waals surface area contributed by atoms with E-state index in [4.69, 9.17) is 17.3 Å². The van der Waals surface area contributed by atoms with Crippen molar-refractivity contribution in [2.24, 2.45) is 0 Å². The van der Waals surface area contributed by atoms with Gasteiger partial charge in [0.1, 0.15) is 22.5 Å². The van der Waals surface area contributed by atoms with Gasteiger partial charge in [0.25, 0.3) is 0 Å². The van der Waals surface area contributed by atoms with Crippen LogP contribution in [-0.2, 0) is 0 Å². The lowest BCUT2D eigenvalue weighted by molar-refractivity contribution is 0.628. The lowest BCUT2D eigenvalue weighted by Gasteiger charge is -1.98. The number of hydrogen-bond donors (Lipinski definition) is 2. The Morgan fingerprint density at radius 2 is 1.55 bits per heavy atom. The summed E-state index contributed by atoms with van der Waals surface area (Å²) in [4.78, 5) is 7.47. The van der Waals surface area contributed by atoms with Crippen molar-refractivity contribution in [3.63, 3.8) is 0 Å². The highest BCUT2D eigenvalue weighted by Crippen LogP contribution is 2.29. The molecule has 0 saturated carbocycles. The molecule has 2 aromatic carbocycles. The first-order valence-corrected chi connectivity index (χ1v) is 6.38. The number of H-pyrrole nitrogens is 1. The van der Waals surface area contributed by atoms with E-state index >= 15 is 0 Å². The SMILES string of the molecule is Nc1ccc(-c2nc(-c3ccc(F)cc3)c(Cl)[nH]2)cc1. The third kappa shape index (κ3) is 2.38. The van der Waals surface area contributed by atoms with Gasteiger partial charge in [0, 0.05) is 16.8 Å². The molecule has 20 heavy (non-hydrogen) atoms. The zero-order valence-corrected chi connectivity index (χ0v) is 11.2. The summed E-state index contributed by atoms with van der Waals surface area (Å²) in [6.07, 6.45) is 0. The van der Waals surface area contributed by atoms with Crippen LogP contribution >= 0.6 is 11.6 Å². The van der Waals surface area contributed by atoms with Gasteiger partial charge in [-0.25, -0.2) is 9.37 Å². The molecule has 0 fully saturated rings. The van der Waals surface area contributed by atoms with Crippen LogP contribution in [0, 0.1) is 5.82 Å². The lowest BCUT2D eigenvalue weighted by atomic mass is 10.1. The lowest BCUT2D eigenvalue weighted by Crippen LogP contribution is -1.85. The second-order valence-electron chi connectivity index (χ2n) is 4.38. The second kappa shape index (κ2) is 4.98. The highest BCUT2D eigenvalue weighted by atomic mass is 35.5. The van der Waals surface area contributed by atoms with Gasteiger partial charge in [-0.05, 0) is 48.5 Å². The molecule has 0 spiro atoms. The van der Waals surface area contributed by atoms with E-state index in [2.05, 4.69) is 9.97 Å². The Balaban J connectivity index is 2.02. The number of halogens is 2. The minimum absolute atomic E-state index is 0.292. The minimum Gasteiger partial charge on any atom is -0.399 e. The molecule has 1 heterocycles. The van der Waals surface area contributed by atoms with Gasteiger partial charge in [-0.3, -0.25) is 0 Å². The molecule has 0 bridgehead atoms. The zero-order valence-electron chi connectivity index (χ0n) is 10.4. The number of nitrogens with two attached hydrogens (primary N) is 1. The van der Waals surface area contributed by atoms with Gasteiger partial charge in [-0.15, -0.1) is 0 Å². The van der Waals surface area contributed by atoms with E-state index in [1.807, 2.05) is 12.1 Å². The number of nitrogens with one attached hydrogen (secondary N) is 1. The Morgan fingerprint density at radius 1 is 0.950 bits per heavy atom. The molecule has 100 valence electrons. The van der Waals surface area contributed by atoms with E-state index < -0.39 is 0 Å². The second-order valence-corrected chi connectivity index (χ2v) is 4.75. The molecule has 0 unspecified atom stereocenters. The van der Waals surface area contributed by atoms with Crippen molar-refractivity contribution in [2.75, 3.05) is 5.73 Å². The van der Waals surface area contributed by atoms with Crippen molar-refractivity contribution in [3.05, 3.63) is 59.5 Å². The van der Waals surface area contributed by atoms with Crippen LogP contribution in [0.5, 0.6) is 0 Å². The summed E-state index contributed by atoms with van der Waals surface area (Å²) in [5.41, 5.74) is 8.58. The molecule has 0 aliphatic rings. The van der Waals surface area contributed by atoms with Crippen molar-refractivity contribution >= 4 is 17.3 Å². The molecule has 3 nitrogen and oxygen atoms in total. The quantitative estimate of drug-likeness (QED) is 0.697. The van der Waals surface area contributed by atoms with Gasteiger partial charge in [0.05, 0.1) is 0 Å². The van der Waals surface area contributed by atoms with Crippen molar-refractivity contribution in [1.29, 1.82) is 0 Å². The van der Waals surface area contributed by atoms with Crippen molar-refractivity contribution < 1.29 is 4.39 Å². The highest BCUT2D eigenvalue weighted by molar-refractivity contribution is 6.32. The first kappa shape index (κ1) is 12.7. The molecular formula is C15H11ClFN3. The van der Waals surface area contributed by atoms with Gasteiger partial charge in [0.2, 0.25) is 0 Å². The molecule has 0 saturated heterocycles. The van der Waals surface area contributed by atoms with Crippen LogP contribution in [0.4, 0.5) is 10.1 Å². The third-order valence-corrected chi connectivity index (χ3v) is 3.23. The van der Waals surface area contributed by atoms with Crippen LogP contribution in [0.15, 0.2) is 48.5 Å².